The van der Waals surface area contributed by atoms with Crippen LogP contribution in [0.1, 0.15) is 54.9 Å². The highest BCUT2D eigenvalue weighted by Gasteiger charge is 2.24. The van der Waals surface area contributed by atoms with Gasteiger partial charge in [0.2, 0.25) is 0 Å². The summed E-state index contributed by atoms with van der Waals surface area (Å²) in [5.74, 6) is 0.464. The van der Waals surface area contributed by atoms with Gasteiger partial charge >= 0.3 is 5.97 Å². The molecule has 1 aliphatic rings. The standard InChI is InChI=1S/C16H23NO2/c1-3-12-5-4-6-15(9-12)19-16(18)13-7-11(2)8-14(17)10-13/h7-8,10,12,15H,3-6,9,17H2,1-2H3. The first kappa shape index (κ1) is 13.9. The molecule has 0 radical (unpaired) electrons. The number of benzene rings is 1. The lowest BCUT2D eigenvalue weighted by molar-refractivity contribution is 0.0140. The van der Waals surface area contributed by atoms with Crippen LogP contribution in [0.3, 0.4) is 0 Å². The molecule has 2 N–H and O–H groups in total. The minimum Gasteiger partial charge on any atom is -0.459 e. The Balaban J connectivity index is 2.00. The van der Waals surface area contributed by atoms with Crippen molar-refractivity contribution in [1.82, 2.24) is 0 Å². The molecule has 0 aliphatic heterocycles. The summed E-state index contributed by atoms with van der Waals surface area (Å²) in [6.07, 6.45) is 5.67. The van der Waals surface area contributed by atoms with Gasteiger partial charge in [-0.2, -0.15) is 0 Å². The summed E-state index contributed by atoms with van der Waals surface area (Å²) in [5, 5.41) is 0. The molecule has 104 valence electrons. The van der Waals surface area contributed by atoms with E-state index in [1.165, 1.54) is 12.8 Å². The summed E-state index contributed by atoms with van der Waals surface area (Å²) >= 11 is 0. The number of nitrogens with two attached hydrogens (primary N) is 1. The smallest absolute Gasteiger partial charge is 0.338 e. The predicted octanol–water partition coefficient (Wildman–Crippen LogP) is 3.70. The van der Waals surface area contributed by atoms with Gasteiger partial charge in [-0.1, -0.05) is 19.8 Å². The largest absolute Gasteiger partial charge is 0.459 e. The van der Waals surface area contributed by atoms with Crippen LogP contribution in [0, 0.1) is 12.8 Å². The molecule has 2 unspecified atom stereocenters. The molecule has 0 saturated heterocycles. The molecule has 1 saturated carbocycles. The van der Waals surface area contributed by atoms with Gasteiger partial charge in [0.25, 0.3) is 0 Å². The summed E-state index contributed by atoms with van der Waals surface area (Å²) < 4.78 is 5.62. The normalized spacial score (nSPS) is 23.1. The maximum Gasteiger partial charge on any atom is 0.338 e. The Morgan fingerprint density at radius 3 is 2.84 bits per heavy atom. The van der Waals surface area contributed by atoms with E-state index >= 15 is 0 Å². The van der Waals surface area contributed by atoms with Crippen molar-refractivity contribution in [1.29, 1.82) is 0 Å². The molecular weight excluding hydrogens is 238 g/mol. The summed E-state index contributed by atoms with van der Waals surface area (Å²) in [7, 11) is 0. The van der Waals surface area contributed by atoms with E-state index in [9.17, 15) is 4.79 Å². The van der Waals surface area contributed by atoms with Crippen LogP contribution >= 0.6 is 0 Å². The Labute approximate surface area is 115 Å². The minimum atomic E-state index is -0.239. The van der Waals surface area contributed by atoms with Crippen LogP contribution in [0.15, 0.2) is 18.2 Å². The molecule has 3 nitrogen and oxygen atoms in total. The summed E-state index contributed by atoms with van der Waals surface area (Å²) in [6, 6.07) is 5.37. The molecule has 1 aromatic carbocycles. The van der Waals surface area contributed by atoms with Gasteiger partial charge in [-0.3, -0.25) is 0 Å². The van der Waals surface area contributed by atoms with Crippen molar-refractivity contribution in [3.05, 3.63) is 29.3 Å². The lowest BCUT2D eigenvalue weighted by Gasteiger charge is -2.28. The molecule has 0 heterocycles. The predicted molar refractivity (Wildman–Crippen MR) is 77.0 cm³/mol. The fraction of sp³-hybridized carbons (Fsp3) is 0.562. The number of rotatable bonds is 3. The fourth-order valence-corrected chi connectivity index (χ4v) is 2.87. The van der Waals surface area contributed by atoms with Crippen molar-refractivity contribution in [2.45, 2.75) is 52.1 Å². The second-order valence-electron chi connectivity index (χ2n) is 5.60. The number of hydrogen-bond donors (Lipinski definition) is 1. The van der Waals surface area contributed by atoms with Gasteiger partial charge in [0.1, 0.15) is 6.10 Å². The van der Waals surface area contributed by atoms with Crippen LogP contribution in [-0.4, -0.2) is 12.1 Å². The number of aryl methyl sites for hydroxylation is 1. The molecule has 0 spiro atoms. The highest BCUT2D eigenvalue weighted by atomic mass is 16.5. The zero-order valence-electron chi connectivity index (χ0n) is 11.8. The molecule has 1 fully saturated rings. The van der Waals surface area contributed by atoms with Gasteiger partial charge in [-0.15, -0.1) is 0 Å². The fourth-order valence-electron chi connectivity index (χ4n) is 2.87. The van der Waals surface area contributed by atoms with Crippen molar-refractivity contribution in [3.8, 4) is 0 Å². The van der Waals surface area contributed by atoms with Crippen molar-refractivity contribution in [2.24, 2.45) is 5.92 Å². The molecule has 1 aliphatic carbocycles. The van der Waals surface area contributed by atoms with Gasteiger partial charge < -0.3 is 10.5 Å². The number of carbonyl (C=O) groups excluding carboxylic acids is 1. The lowest BCUT2D eigenvalue weighted by Crippen LogP contribution is -2.25. The maximum absolute atomic E-state index is 12.1. The zero-order chi connectivity index (χ0) is 13.8. The van der Waals surface area contributed by atoms with Gasteiger partial charge in [-0.05, 0) is 55.9 Å². The Hall–Kier alpha value is -1.51. The zero-order valence-corrected chi connectivity index (χ0v) is 11.8. The van der Waals surface area contributed by atoms with Crippen LogP contribution in [0.25, 0.3) is 0 Å². The lowest BCUT2D eigenvalue weighted by atomic mass is 9.85. The highest BCUT2D eigenvalue weighted by molar-refractivity contribution is 5.90. The molecule has 19 heavy (non-hydrogen) atoms. The average Bonchev–Trinajstić information content (AvgIpc) is 2.37. The first-order valence-electron chi connectivity index (χ1n) is 7.16. The third-order valence-electron chi connectivity index (χ3n) is 3.92. The second kappa shape index (κ2) is 6.09. The molecule has 2 rings (SSSR count). The number of anilines is 1. The molecule has 2 atom stereocenters. The summed E-state index contributed by atoms with van der Waals surface area (Å²) in [5.41, 5.74) is 7.93. The quantitative estimate of drug-likeness (QED) is 0.666. The first-order chi connectivity index (χ1) is 9.08. The average molecular weight is 261 g/mol. The molecule has 0 amide bonds. The van der Waals surface area contributed by atoms with Crippen molar-refractivity contribution < 1.29 is 9.53 Å². The number of nitrogen functional groups attached to an aromatic ring is 1. The summed E-state index contributed by atoms with van der Waals surface area (Å²) in [6.45, 7) is 4.14. The third kappa shape index (κ3) is 3.72. The number of esters is 1. The van der Waals surface area contributed by atoms with Crippen LogP contribution in [-0.2, 0) is 4.74 Å². The molecule has 3 heteroatoms. The van der Waals surface area contributed by atoms with Crippen LogP contribution < -0.4 is 5.73 Å². The summed E-state index contributed by atoms with van der Waals surface area (Å²) in [4.78, 5) is 12.1. The topological polar surface area (TPSA) is 52.3 Å². The molecule has 1 aromatic rings. The Morgan fingerprint density at radius 2 is 2.16 bits per heavy atom. The van der Waals surface area contributed by atoms with Gasteiger partial charge in [0.15, 0.2) is 0 Å². The Bertz CT molecular complexity index is 436. The number of hydrogen-bond acceptors (Lipinski definition) is 3. The van der Waals surface area contributed by atoms with E-state index in [-0.39, 0.29) is 12.1 Å². The van der Waals surface area contributed by atoms with Crippen LogP contribution in [0.2, 0.25) is 0 Å². The van der Waals surface area contributed by atoms with Crippen molar-refractivity contribution >= 4 is 11.7 Å². The number of ether oxygens (including phenoxy) is 1. The van der Waals surface area contributed by atoms with E-state index in [1.807, 2.05) is 19.1 Å². The van der Waals surface area contributed by atoms with E-state index in [1.54, 1.807) is 6.07 Å². The van der Waals surface area contributed by atoms with E-state index in [2.05, 4.69) is 6.92 Å². The molecule has 0 aromatic heterocycles. The first-order valence-corrected chi connectivity index (χ1v) is 7.16. The monoisotopic (exact) mass is 261 g/mol. The van der Waals surface area contributed by atoms with Crippen LogP contribution in [0.5, 0.6) is 0 Å². The second-order valence-corrected chi connectivity index (χ2v) is 5.60. The van der Waals surface area contributed by atoms with Crippen molar-refractivity contribution in [2.75, 3.05) is 5.73 Å². The van der Waals surface area contributed by atoms with Gasteiger partial charge in [-0.25, -0.2) is 4.79 Å². The van der Waals surface area contributed by atoms with Gasteiger partial charge in [0.05, 0.1) is 5.56 Å². The third-order valence-corrected chi connectivity index (χ3v) is 3.92. The Morgan fingerprint density at radius 1 is 1.37 bits per heavy atom. The van der Waals surface area contributed by atoms with E-state index < -0.39 is 0 Å². The SMILES string of the molecule is CCC1CCCC(OC(=O)c2cc(C)cc(N)c2)C1. The molecule has 0 bridgehead atoms. The Kier molecular flexibility index (Phi) is 4.46. The highest BCUT2D eigenvalue weighted by Crippen LogP contribution is 2.29. The van der Waals surface area contributed by atoms with E-state index in [0.717, 1.165) is 24.8 Å². The van der Waals surface area contributed by atoms with E-state index in [4.69, 9.17) is 10.5 Å². The minimum absolute atomic E-state index is 0.0768. The molecular formula is C16H23NO2. The van der Waals surface area contributed by atoms with Gasteiger partial charge in [0, 0.05) is 5.69 Å². The number of carbonyl (C=O) groups is 1. The van der Waals surface area contributed by atoms with Crippen molar-refractivity contribution in [3.63, 3.8) is 0 Å². The maximum atomic E-state index is 12.1. The van der Waals surface area contributed by atoms with E-state index in [0.29, 0.717) is 17.2 Å². The van der Waals surface area contributed by atoms with Crippen LogP contribution in [0.4, 0.5) is 5.69 Å².